The minimum atomic E-state index is 0.0785. The summed E-state index contributed by atoms with van der Waals surface area (Å²) in [7, 11) is 0. The third-order valence-electron chi connectivity index (χ3n) is 3.01. The lowest BCUT2D eigenvalue weighted by Crippen LogP contribution is -2.19. The van der Waals surface area contributed by atoms with Crippen LogP contribution in [0.1, 0.15) is 44.9 Å². The Morgan fingerprint density at radius 2 is 1.61 bits per heavy atom. The molecule has 2 nitrogen and oxygen atoms in total. The molecule has 0 atom stereocenters. The van der Waals surface area contributed by atoms with E-state index in [0.717, 1.165) is 18.3 Å². The highest BCUT2D eigenvalue weighted by molar-refractivity contribution is 9.10. The Kier molecular flexibility index (Phi) is 8.68. The van der Waals surface area contributed by atoms with Crippen LogP contribution in [0.4, 0.5) is 0 Å². The van der Waals surface area contributed by atoms with Gasteiger partial charge in [-0.1, -0.05) is 48.0 Å². The molecular formula is C14H21Br2NO. The van der Waals surface area contributed by atoms with Gasteiger partial charge in [-0.15, -0.1) is 0 Å². The third kappa shape index (κ3) is 6.19. The molecule has 0 bridgehead atoms. The van der Waals surface area contributed by atoms with Gasteiger partial charge in [0, 0.05) is 18.1 Å². The standard InChI is InChI=1S/C14H21Br2NO/c15-10-6-4-2-1-3-5-7-11-17-12-8-9-13(16)14(17)18/h8-9,12H,1-7,10-11H2. The molecule has 0 aliphatic rings. The van der Waals surface area contributed by atoms with Crippen molar-refractivity contribution in [3.63, 3.8) is 0 Å². The zero-order valence-electron chi connectivity index (χ0n) is 10.7. The first-order valence-electron chi connectivity index (χ1n) is 6.66. The molecule has 0 saturated heterocycles. The summed E-state index contributed by atoms with van der Waals surface area (Å²) in [5.41, 5.74) is 0.0785. The number of hydrogen-bond donors (Lipinski definition) is 0. The van der Waals surface area contributed by atoms with Crippen LogP contribution in [0.25, 0.3) is 0 Å². The van der Waals surface area contributed by atoms with Gasteiger partial charge in [0.05, 0.1) is 4.47 Å². The van der Waals surface area contributed by atoms with E-state index in [1.54, 1.807) is 10.6 Å². The molecule has 0 saturated carbocycles. The number of hydrogen-bond acceptors (Lipinski definition) is 1. The molecule has 0 amide bonds. The second-order valence-electron chi connectivity index (χ2n) is 4.52. The molecule has 0 radical (unpaired) electrons. The zero-order valence-corrected chi connectivity index (χ0v) is 13.9. The van der Waals surface area contributed by atoms with Gasteiger partial charge in [-0.05, 0) is 40.9 Å². The van der Waals surface area contributed by atoms with Crippen LogP contribution in [-0.4, -0.2) is 9.90 Å². The smallest absolute Gasteiger partial charge is 0.264 e. The average molecular weight is 379 g/mol. The summed E-state index contributed by atoms with van der Waals surface area (Å²) < 4.78 is 2.44. The molecule has 0 N–H and O–H groups in total. The lowest BCUT2D eigenvalue weighted by Gasteiger charge is -2.05. The van der Waals surface area contributed by atoms with Crippen molar-refractivity contribution < 1.29 is 0 Å². The van der Waals surface area contributed by atoms with E-state index >= 15 is 0 Å². The molecule has 1 heterocycles. The Labute approximate surface area is 126 Å². The SMILES string of the molecule is O=c1c(Br)cccn1CCCCCCCCCBr. The van der Waals surface area contributed by atoms with Gasteiger partial charge in [-0.3, -0.25) is 4.79 Å². The minimum Gasteiger partial charge on any atom is -0.315 e. The summed E-state index contributed by atoms with van der Waals surface area (Å²) in [5, 5.41) is 1.12. The van der Waals surface area contributed by atoms with E-state index < -0.39 is 0 Å². The molecule has 0 aromatic carbocycles. The largest absolute Gasteiger partial charge is 0.315 e. The van der Waals surface area contributed by atoms with Crippen LogP contribution in [-0.2, 0) is 6.54 Å². The summed E-state index contributed by atoms with van der Waals surface area (Å²) in [6, 6.07) is 3.70. The number of alkyl halides is 1. The lowest BCUT2D eigenvalue weighted by atomic mass is 10.1. The van der Waals surface area contributed by atoms with E-state index in [2.05, 4.69) is 31.9 Å². The fourth-order valence-electron chi connectivity index (χ4n) is 1.94. The summed E-state index contributed by atoms with van der Waals surface area (Å²) in [5.74, 6) is 0. The normalized spacial score (nSPS) is 10.8. The Hall–Kier alpha value is -0.0900. The molecule has 0 aliphatic heterocycles. The summed E-state index contributed by atoms with van der Waals surface area (Å²) in [4.78, 5) is 11.7. The quantitative estimate of drug-likeness (QED) is 0.449. The van der Waals surface area contributed by atoms with Crippen LogP contribution in [0.2, 0.25) is 0 Å². The average Bonchev–Trinajstić information content (AvgIpc) is 2.37. The van der Waals surface area contributed by atoms with E-state index in [4.69, 9.17) is 0 Å². The highest BCUT2D eigenvalue weighted by atomic mass is 79.9. The maximum Gasteiger partial charge on any atom is 0.264 e. The van der Waals surface area contributed by atoms with Crippen molar-refractivity contribution in [2.24, 2.45) is 0 Å². The van der Waals surface area contributed by atoms with E-state index in [1.165, 1.54) is 38.5 Å². The van der Waals surface area contributed by atoms with E-state index in [0.29, 0.717) is 4.47 Å². The highest BCUT2D eigenvalue weighted by Gasteiger charge is 1.99. The zero-order chi connectivity index (χ0) is 13.2. The molecule has 0 unspecified atom stereocenters. The van der Waals surface area contributed by atoms with Gasteiger partial charge >= 0.3 is 0 Å². The first-order valence-corrected chi connectivity index (χ1v) is 8.58. The van der Waals surface area contributed by atoms with Crippen LogP contribution in [0.5, 0.6) is 0 Å². The lowest BCUT2D eigenvalue weighted by molar-refractivity contribution is 0.543. The fraction of sp³-hybridized carbons (Fsp3) is 0.643. The summed E-state index contributed by atoms with van der Waals surface area (Å²) in [6.07, 6.45) is 10.7. The molecular weight excluding hydrogens is 358 g/mol. The first-order chi connectivity index (χ1) is 8.75. The number of pyridine rings is 1. The molecule has 1 aromatic heterocycles. The minimum absolute atomic E-state index is 0.0785. The fourth-order valence-corrected chi connectivity index (χ4v) is 2.72. The summed E-state index contributed by atoms with van der Waals surface area (Å²) in [6.45, 7) is 0.833. The van der Waals surface area contributed by atoms with Gasteiger partial charge in [0.2, 0.25) is 0 Å². The van der Waals surface area contributed by atoms with Crippen LogP contribution in [0, 0.1) is 0 Å². The Morgan fingerprint density at radius 1 is 1.00 bits per heavy atom. The van der Waals surface area contributed by atoms with Crippen molar-refractivity contribution in [2.45, 2.75) is 51.5 Å². The van der Waals surface area contributed by atoms with Crippen molar-refractivity contribution >= 4 is 31.9 Å². The monoisotopic (exact) mass is 377 g/mol. The number of unbranched alkanes of at least 4 members (excludes halogenated alkanes) is 6. The molecule has 102 valence electrons. The topological polar surface area (TPSA) is 22.0 Å². The van der Waals surface area contributed by atoms with Crippen LogP contribution < -0.4 is 5.56 Å². The summed E-state index contributed by atoms with van der Waals surface area (Å²) >= 11 is 6.71. The molecule has 18 heavy (non-hydrogen) atoms. The van der Waals surface area contributed by atoms with Crippen molar-refractivity contribution in [1.29, 1.82) is 0 Å². The Morgan fingerprint density at radius 3 is 2.28 bits per heavy atom. The second kappa shape index (κ2) is 9.79. The van der Waals surface area contributed by atoms with Crippen LogP contribution >= 0.6 is 31.9 Å². The molecule has 1 rings (SSSR count). The van der Waals surface area contributed by atoms with E-state index in [-0.39, 0.29) is 5.56 Å². The van der Waals surface area contributed by atoms with Gasteiger partial charge in [0.15, 0.2) is 0 Å². The first kappa shape index (κ1) is 16.0. The van der Waals surface area contributed by atoms with Crippen molar-refractivity contribution in [3.8, 4) is 0 Å². The third-order valence-corrected chi connectivity index (χ3v) is 4.17. The van der Waals surface area contributed by atoms with E-state index in [1.807, 2.05) is 12.3 Å². The Bertz CT molecular complexity index is 390. The van der Waals surface area contributed by atoms with Crippen molar-refractivity contribution in [3.05, 3.63) is 33.2 Å². The molecule has 0 spiro atoms. The van der Waals surface area contributed by atoms with E-state index in [9.17, 15) is 4.79 Å². The van der Waals surface area contributed by atoms with Gasteiger partial charge in [0.1, 0.15) is 0 Å². The van der Waals surface area contributed by atoms with Gasteiger partial charge in [-0.2, -0.15) is 0 Å². The molecule has 1 aromatic rings. The highest BCUT2D eigenvalue weighted by Crippen LogP contribution is 2.09. The predicted molar refractivity (Wildman–Crippen MR) is 84.5 cm³/mol. The number of halogens is 2. The number of nitrogens with zero attached hydrogens (tertiary/aromatic N) is 1. The molecule has 0 aliphatic carbocycles. The van der Waals surface area contributed by atoms with Crippen molar-refractivity contribution in [2.75, 3.05) is 5.33 Å². The molecule has 0 fully saturated rings. The number of aromatic nitrogens is 1. The van der Waals surface area contributed by atoms with Crippen LogP contribution in [0.3, 0.4) is 0 Å². The van der Waals surface area contributed by atoms with Crippen LogP contribution in [0.15, 0.2) is 27.6 Å². The second-order valence-corrected chi connectivity index (χ2v) is 6.17. The Balaban J connectivity index is 2.11. The van der Waals surface area contributed by atoms with Gasteiger partial charge in [-0.25, -0.2) is 0 Å². The number of aryl methyl sites for hydroxylation is 1. The maximum absolute atomic E-state index is 11.7. The van der Waals surface area contributed by atoms with Gasteiger partial charge in [0.25, 0.3) is 5.56 Å². The maximum atomic E-state index is 11.7. The van der Waals surface area contributed by atoms with Gasteiger partial charge < -0.3 is 4.57 Å². The molecule has 4 heteroatoms. The van der Waals surface area contributed by atoms with Crippen molar-refractivity contribution in [1.82, 2.24) is 4.57 Å². The number of rotatable bonds is 9. The predicted octanol–water partition coefficient (Wildman–Crippen LogP) is 4.74.